The number of hydrogen-bond donors (Lipinski definition) is 0. The van der Waals surface area contributed by atoms with Crippen molar-refractivity contribution in [2.75, 3.05) is 0 Å². The molecule has 0 amide bonds. The predicted molar refractivity (Wildman–Crippen MR) is 44.3 cm³/mol. The number of carbonyl (C=O) groups excluding carboxylic acids is 1. The third-order valence-electron chi connectivity index (χ3n) is 1.59. The van der Waals surface area contributed by atoms with Crippen molar-refractivity contribution in [3.05, 3.63) is 22.0 Å². The van der Waals surface area contributed by atoms with E-state index >= 15 is 0 Å². The molecule has 0 fully saturated rings. The summed E-state index contributed by atoms with van der Waals surface area (Å²) < 4.78 is 1.40. The smallest absolute Gasteiger partial charge is 0.303 e. The number of aldehydes is 1. The van der Waals surface area contributed by atoms with E-state index in [1.165, 1.54) is 10.9 Å². The van der Waals surface area contributed by atoms with Crippen LogP contribution in [0.1, 0.15) is 12.1 Å². The second-order valence-electron chi connectivity index (χ2n) is 2.58. The van der Waals surface area contributed by atoms with E-state index in [4.69, 9.17) is 0 Å². The van der Waals surface area contributed by atoms with E-state index < -0.39 is 4.92 Å². The van der Waals surface area contributed by atoms with Gasteiger partial charge in [-0.25, -0.2) is 0 Å². The molecule has 1 aromatic rings. The Hall–Kier alpha value is -1.72. The fourth-order valence-corrected chi connectivity index (χ4v) is 0.986. The molecule has 1 aromatic heterocycles. The van der Waals surface area contributed by atoms with Crippen LogP contribution in [0.5, 0.6) is 0 Å². The van der Waals surface area contributed by atoms with Gasteiger partial charge in [0.25, 0.3) is 0 Å². The summed E-state index contributed by atoms with van der Waals surface area (Å²) >= 11 is 0. The molecule has 0 aliphatic heterocycles. The van der Waals surface area contributed by atoms with Crippen LogP contribution in [0.4, 0.5) is 5.69 Å². The first-order valence-electron chi connectivity index (χ1n) is 3.77. The van der Waals surface area contributed by atoms with Crippen LogP contribution in [0.15, 0.2) is 6.20 Å². The first-order valence-corrected chi connectivity index (χ1v) is 3.77. The van der Waals surface area contributed by atoms with Gasteiger partial charge < -0.3 is 4.79 Å². The highest BCUT2D eigenvalue weighted by atomic mass is 16.6. The molecule has 0 N–H and O–H groups in total. The van der Waals surface area contributed by atoms with Crippen LogP contribution in [0.2, 0.25) is 0 Å². The van der Waals surface area contributed by atoms with E-state index in [0.29, 0.717) is 18.7 Å². The van der Waals surface area contributed by atoms with Crippen LogP contribution in [0, 0.1) is 17.0 Å². The number of rotatable bonds is 4. The van der Waals surface area contributed by atoms with E-state index in [1.807, 2.05) is 0 Å². The maximum atomic E-state index is 10.4. The monoisotopic (exact) mass is 183 g/mol. The minimum Gasteiger partial charge on any atom is -0.303 e. The standard InChI is InChI=1S/C7H9N3O3/c1-6-7(10(12)13)5-9(8-6)3-2-4-11/h4-5H,2-3H2,1H3. The Bertz CT molecular complexity index is 332. The fraction of sp³-hybridized carbons (Fsp3) is 0.429. The van der Waals surface area contributed by atoms with Crippen molar-refractivity contribution in [3.63, 3.8) is 0 Å². The quantitative estimate of drug-likeness (QED) is 0.391. The molecular formula is C7H9N3O3. The lowest BCUT2D eigenvalue weighted by Crippen LogP contribution is -1.98. The molecule has 0 unspecified atom stereocenters. The number of hydrogen-bond acceptors (Lipinski definition) is 4. The maximum absolute atomic E-state index is 10.4. The van der Waals surface area contributed by atoms with Crippen molar-refractivity contribution in [1.82, 2.24) is 9.78 Å². The average Bonchev–Trinajstić information content (AvgIpc) is 2.43. The van der Waals surface area contributed by atoms with E-state index in [9.17, 15) is 14.9 Å². The molecule has 6 heteroatoms. The van der Waals surface area contributed by atoms with Crippen molar-refractivity contribution in [1.29, 1.82) is 0 Å². The zero-order valence-corrected chi connectivity index (χ0v) is 7.14. The lowest BCUT2D eigenvalue weighted by Gasteiger charge is -1.92. The lowest BCUT2D eigenvalue weighted by molar-refractivity contribution is -0.385. The molecule has 0 aromatic carbocycles. The third-order valence-corrected chi connectivity index (χ3v) is 1.59. The molecule has 6 nitrogen and oxygen atoms in total. The summed E-state index contributed by atoms with van der Waals surface area (Å²) in [4.78, 5) is 19.9. The van der Waals surface area contributed by atoms with Crippen LogP contribution in [-0.2, 0) is 11.3 Å². The molecular weight excluding hydrogens is 174 g/mol. The van der Waals surface area contributed by atoms with Gasteiger partial charge in [-0.2, -0.15) is 5.10 Å². The predicted octanol–water partition coefficient (Wildman–Crippen LogP) is 0.689. The number of aromatic nitrogens is 2. The molecule has 13 heavy (non-hydrogen) atoms. The van der Waals surface area contributed by atoms with Gasteiger partial charge in [-0.1, -0.05) is 0 Å². The Morgan fingerprint density at radius 3 is 2.92 bits per heavy atom. The highest BCUT2D eigenvalue weighted by Crippen LogP contribution is 2.14. The van der Waals surface area contributed by atoms with Gasteiger partial charge in [0.2, 0.25) is 0 Å². The topological polar surface area (TPSA) is 78.0 Å². The molecule has 0 aliphatic carbocycles. The number of carbonyl (C=O) groups is 1. The Balaban J connectivity index is 2.82. The molecule has 1 heterocycles. The summed E-state index contributed by atoms with van der Waals surface area (Å²) in [7, 11) is 0. The average molecular weight is 183 g/mol. The molecule has 0 radical (unpaired) electrons. The molecule has 0 spiro atoms. The Morgan fingerprint density at radius 1 is 1.77 bits per heavy atom. The molecule has 70 valence electrons. The zero-order chi connectivity index (χ0) is 9.84. The maximum Gasteiger partial charge on any atom is 0.309 e. The summed E-state index contributed by atoms with van der Waals surface area (Å²) in [6.45, 7) is 1.95. The van der Waals surface area contributed by atoms with Crippen LogP contribution in [-0.4, -0.2) is 21.0 Å². The summed E-state index contributed by atoms with van der Waals surface area (Å²) in [6, 6.07) is 0. The van der Waals surface area contributed by atoms with Gasteiger partial charge in [0, 0.05) is 13.0 Å². The molecule has 0 saturated heterocycles. The minimum atomic E-state index is -0.486. The van der Waals surface area contributed by atoms with Crippen LogP contribution in [0.3, 0.4) is 0 Å². The summed E-state index contributed by atoms with van der Waals surface area (Å²) in [6.07, 6.45) is 2.40. The van der Waals surface area contributed by atoms with Gasteiger partial charge in [-0.15, -0.1) is 0 Å². The molecule has 0 aliphatic rings. The number of nitrogens with zero attached hydrogens (tertiary/aromatic N) is 3. The van der Waals surface area contributed by atoms with Gasteiger partial charge in [-0.05, 0) is 6.92 Å². The number of nitro groups is 1. The van der Waals surface area contributed by atoms with Crippen molar-refractivity contribution < 1.29 is 9.72 Å². The lowest BCUT2D eigenvalue weighted by atomic mass is 10.4. The Labute approximate surface area is 74.3 Å². The molecule has 0 bridgehead atoms. The first-order chi connectivity index (χ1) is 6.15. The molecule has 0 atom stereocenters. The SMILES string of the molecule is Cc1nn(CCC=O)cc1[N+](=O)[O-]. The van der Waals surface area contributed by atoms with E-state index in [-0.39, 0.29) is 5.69 Å². The second-order valence-corrected chi connectivity index (χ2v) is 2.58. The molecule has 0 saturated carbocycles. The minimum absolute atomic E-state index is 0.00843. The summed E-state index contributed by atoms with van der Waals surface area (Å²) in [5, 5.41) is 14.3. The summed E-state index contributed by atoms with van der Waals surface area (Å²) in [5.41, 5.74) is 0.363. The summed E-state index contributed by atoms with van der Waals surface area (Å²) in [5.74, 6) is 0. The van der Waals surface area contributed by atoms with Crippen LogP contribution < -0.4 is 0 Å². The van der Waals surface area contributed by atoms with Gasteiger partial charge >= 0.3 is 5.69 Å². The van der Waals surface area contributed by atoms with E-state index in [2.05, 4.69) is 5.10 Å². The Morgan fingerprint density at radius 2 is 2.46 bits per heavy atom. The van der Waals surface area contributed by atoms with E-state index in [1.54, 1.807) is 6.92 Å². The molecule has 1 rings (SSSR count). The first kappa shape index (κ1) is 9.37. The second kappa shape index (κ2) is 3.79. The third kappa shape index (κ3) is 2.11. The van der Waals surface area contributed by atoms with Gasteiger partial charge in [-0.3, -0.25) is 14.8 Å². The Kier molecular flexibility index (Phi) is 2.73. The largest absolute Gasteiger partial charge is 0.309 e. The number of aryl methyl sites for hydroxylation is 2. The van der Waals surface area contributed by atoms with E-state index in [0.717, 1.165) is 6.29 Å². The highest BCUT2D eigenvalue weighted by Gasteiger charge is 2.14. The zero-order valence-electron chi connectivity index (χ0n) is 7.14. The van der Waals surface area contributed by atoms with Gasteiger partial charge in [0.15, 0.2) is 0 Å². The van der Waals surface area contributed by atoms with Crippen LogP contribution >= 0.6 is 0 Å². The highest BCUT2D eigenvalue weighted by molar-refractivity contribution is 5.49. The fourth-order valence-electron chi connectivity index (χ4n) is 0.986. The van der Waals surface area contributed by atoms with Crippen molar-refractivity contribution in [3.8, 4) is 0 Å². The van der Waals surface area contributed by atoms with Gasteiger partial charge in [0.1, 0.15) is 18.2 Å². The van der Waals surface area contributed by atoms with Crippen molar-refractivity contribution in [2.45, 2.75) is 19.9 Å². The normalized spacial score (nSPS) is 9.92. The van der Waals surface area contributed by atoms with Gasteiger partial charge in [0.05, 0.1) is 4.92 Å². The van der Waals surface area contributed by atoms with Crippen LogP contribution in [0.25, 0.3) is 0 Å². The van der Waals surface area contributed by atoms with Crippen molar-refractivity contribution in [2.24, 2.45) is 0 Å². The van der Waals surface area contributed by atoms with Crippen molar-refractivity contribution >= 4 is 12.0 Å².